The minimum atomic E-state index is 0.256. The molecule has 1 aromatic heterocycles. The summed E-state index contributed by atoms with van der Waals surface area (Å²) in [6.07, 6.45) is 4.98. The molecule has 1 saturated carbocycles. The molecule has 1 aliphatic carbocycles. The number of halogens is 2. The molecule has 1 fully saturated rings. The molecule has 2 aromatic rings. The predicted octanol–water partition coefficient (Wildman–Crippen LogP) is 5.57. The normalized spacial score (nSPS) is 22.3. The molecule has 0 spiro atoms. The van der Waals surface area contributed by atoms with Crippen LogP contribution in [0, 0.1) is 5.41 Å². The van der Waals surface area contributed by atoms with Crippen molar-refractivity contribution in [3.05, 3.63) is 29.0 Å². The second kappa shape index (κ2) is 5.23. The molecule has 0 saturated heterocycles. The van der Waals surface area contributed by atoms with Gasteiger partial charge in [0.25, 0.3) is 0 Å². The van der Waals surface area contributed by atoms with Crippen molar-refractivity contribution in [3.8, 4) is 0 Å². The van der Waals surface area contributed by atoms with Crippen molar-refractivity contribution in [2.75, 3.05) is 0 Å². The van der Waals surface area contributed by atoms with Gasteiger partial charge in [-0.2, -0.15) is 0 Å². The summed E-state index contributed by atoms with van der Waals surface area (Å²) in [7, 11) is 0. The second-order valence-corrected chi connectivity index (χ2v) is 7.06. The number of hydrogen-bond donors (Lipinski definition) is 0. The van der Waals surface area contributed by atoms with Crippen LogP contribution in [0.15, 0.2) is 18.2 Å². The summed E-state index contributed by atoms with van der Waals surface area (Å²) in [5.74, 6) is 1.37. The van der Waals surface area contributed by atoms with E-state index in [4.69, 9.17) is 23.2 Å². The minimum absolute atomic E-state index is 0.256. The van der Waals surface area contributed by atoms with Crippen LogP contribution < -0.4 is 0 Å². The number of hydrogen-bond acceptors (Lipinski definition) is 1. The van der Waals surface area contributed by atoms with Gasteiger partial charge in [0.15, 0.2) is 0 Å². The highest BCUT2D eigenvalue weighted by atomic mass is 35.5. The zero-order valence-electron chi connectivity index (χ0n) is 12.0. The molecular formula is C16H20Cl2N2. The lowest BCUT2D eigenvalue weighted by Gasteiger charge is -2.40. The summed E-state index contributed by atoms with van der Waals surface area (Å²) in [5.41, 5.74) is 2.26. The van der Waals surface area contributed by atoms with Crippen molar-refractivity contribution in [2.45, 2.75) is 51.5 Å². The number of imidazole rings is 1. The van der Waals surface area contributed by atoms with Crippen LogP contribution in [0.2, 0.25) is 5.02 Å². The SMILES string of the molecule is CC1(C)CCCCC1n1c(CCl)nc2cccc(Cl)c21. The number of nitrogens with zero attached hydrogens (tertiary/aromatic N) is 2. The summed E-state index contributed by atoms with van der Waals surface area (Å²) < 4.78 is 2.31. The second-order valence-electron chi connectivity index (χ2n) is 6.39. The Morgan fingerprint density at radius 3 is 2.85 bits per heavy atom. The largest absolute Gasteiger partial charge is 0.322 e. The third-order valence-electron chi connectivity index (χ3n) is 4.62. The Morgan fingerprint density at radius 2 is 2.15 bits per heavy atom. The molecule has 0 amide bonds. The molecule has 20 heavy (non-hydrogen) atoms. The fourth-order valence-electron chi connectivity index (χ4n) is 3.54. The van der Waals surface area contributed by atoms with Gasteiger partial charge >= 0.3 is 0 Å². The van der Waals surface area contributed by atoms with Crippen LogP contribution in [0.1, 0.15) is 51.4 Å². The van der Waals surface area contributed by atoms with Crippen LogP contribution in [0.25, 0.3) is 11.0 Å². The van der Waals surface area contributed by atoms with Crippen molar-refractivity contribution >= 4 is 34.2 Å². The van der Waals surface area contributed by atoms with Gasteiger partial charge in [0.05, 0.1) is 21.9 Å². The molecule has 1 aliphatic rings. The van der Waals surface area contributed by atoms with Crippen LogP contribution in [-0.4, -0.2) is 9.55 Å². The number of alkyl halides is 1. The van der Waals surface area contributed by atoms with Gasteiger partial charge in [-0.05, 0) is 30.4 Å². The molecule has 0 aliphatic heterocycles. The highest BCUT2D eigenvalue weighted by Crippen LogP contribution is 2.46. The van der Waals surface area contributed by atoms with Crippen molar-refractivity contribution in [1.29, 1.82) is 0 Å². The Bertz CT molecular complexity index is 631. The Kier molecular flexibility index (Phi) is 3.72. The van der Waals surface area contributed by atoms with Crippen molar-refractivity contribution in [2.24, 2.45) is 5.41 Å². The molecule has 1 unspecified atom stereocenters. The van der Waals surface area contributed by atoms with E-state index in [9.17, 15) is 0 Å². The molecule has 3 rings (SSSR count). The third-order valence-corrected chi connectivity index (χ3v) is 5.16. The number of rotatable bonds is 2. The van der Waals surface area contributed by atoms with E-state index in [0.717, 1.165) is 21.9 Å². The standard InChI is InChI=1S/C16H20Cl2N2/c1-16(2)9-4-3-8-13(16)20-14(10-17)19-12-7-5-6-11(18)15(12)20/h5-7,13H,3-4,8-10H2,1-2H3. The molecule has 1 aromatic carbocycles. The first-order valence-electron chi connectivity index (χ1n) is 7.26. The monoisotopic (exact) mass is 310 g/mol. The molecule has 0 N–H and O–H groups in total. The molecule has 1 atom stereocenters. The van der Waals surface area contributed by atoms with Crippen molar-refractivity contribution in [3.63, 3.8) is 0 Å². The van der Waals surface area contributed by atoms with Crippen LogP contribution in [-0.2, 0) is 5.88 Å². The summed E-state index contributed by atoms with van der Waals surface area (Å²) in [6, 6.07) is 6.33. The average Bonchev–Trinajstić information content (AvgIpc) is 2.78. The number of benzene rings is 1. The molecule has 2 nitrogen and oxygen atoms in total. The van der Waals surface area contributed by atoms with Gasteiger partial charge in [-0.25, -0.2) is 4.98 Å². The van der Waals surface area contributed by atoms with Gasteiger partial charge in [-0.1, -0.05) is 44.4 Å². The Labute approximate surface area is 130 Å². The zero-order chi connectivity index (χ0) is 14.3. The molecule has 108 valence electrons. The molecule has 1 heterocycles. The maximum absolute atomic E-state index is 6.44. The van der Waals surface area contributed by atoms with E-state index in [2.05, 4.69) is 23.4 Å². The Balaban J connectivity index is 2.23. The van der Waals surface area contributed by atoms with Crippen molar-refractivity contribution in [1.82, 2.24) is 9.55 Å². The van der Waals surface area contributed by atoms with Gasteiger partial charge in [0, 0.05) is 6.04 Å². The topological polar surface area (TPSA) is 17.8 Å². The van der Waals surface area contributed by atoms with Crippen LogP contribution >= 0.6 is 23.2 Å². The van der Waals surface area contributed by atoms with E-state index in [-0.39, 0.29) is 5.41 Å². The lowest BCUT2D eigenvalue weighted by Crippen LogP contribution is -2.31. The van der Waals surface area contributed by atoms with E-state index in [1.54, 1.807) is 0 Å². The fourth-order valence-corrected chi connectivity index (χ4v) is 3.99. The van der Waals surface area contributed by atoms with E-state index >= 15 is 0 Å². The van der Waals surface area contributed by atoms with Gasteiger partial charge in [-0.15, -0.1) is 11.6 Å². The lowest BCUT2D eigenvalue weighted by molar-refractivity contribution is 0.145. The van der Waals surface area contributed by atoms with Crippen LogP contribution in [0.4, 0.5) is 0 Å². The number of para-hydroxylation sites is 1. The van der Waals surface area contributed by atoms with Gasteiger partial charge < -0.3 is 4.57 Å². The summed E-state index contributed by atoms with van der Waals surface area (Å²) in [4.78, 5) is 4.68. The highest BCUT2D eigenvalue weighted by Gasteiger charge is 2.35. The average molecular weight is 311 g/mol. The predicted molar refractivity (Wildman–Crippen MR) is 85.6 cm³/mol. The van der Waals surface area contributed by atoms with Crippen molar-refractivity contribution < 1.29 is 0 Å². The van der Waals surface area contributed by atoms with E-state index in [1.165, 1.54) is 25.7 Å². The zero-order valence-corrected chi connectivity index (χ0v) is 13.5. The number of fused-ring (bicyclic) bond motifs is 1. The summed E-state index contributed by atoms with van der Waals surface area (Å²) >= 11 is 12.6. The van der Waals surface area contributed by atoms with Gasteiger partial charge in [0.1, 0.15) is 5.82 Å². The molecule has 0 bridgehead atoms. The van der Waals surface area contributed by atoms with Crippen LogP contribution in [0.5, 0.6) is 0 Å². The first-order valence-corrected chi connectivity index (χ1v) is 8.17. The third kappa shape index (κ3) is 2.23. The van der Waals surface area contributed by atoms with E-state index in [1.807, 2.05) is 18.2 Å². The molecule has 0 radical (unpaired) electrons. The quantitative estimate of drug-likeness (QED) is 0.663. The molecule has 4 heteroatoms. The maximum Gasteiger partial charge on any atom is 0.125 e. The van der Waals surface area contributed by atoms with Gasteiger partial charge in [0.2, 0.25) is 0 Å². The maximum atomic E-state index is 6.44. The van der Waals surface area contributed by atoms with E-state index < -0.39 is 0 Å². The summed E-state index contributed by atoms with van der Waals surface area (Å²) in [6.45, 7) is 4.69. The lowest BCUT2D eigenvalue weighted by atomic mass is 9.73. The van der Waals surface area contributed by atoms with Crippen LogP contribution in [0.3, 0.4) is 0 Å². The highest BCUT2D eigenvalue weighted by molar-refractivity contribution is 6.35. The first kappa shape index (κ1) is 14.2. The summed E-state index contributed by atoms with van der Waals surface area (Å²) in [5, 5.41) is 0.771. The molecular weight excluding hydrogens is 291 g/mol. The Hall–Kier alpha value is -0.730. The van der Waals surface area contributed by atoms with Gasteiger partial charge in [-0.3, -0.25) is 0 Å². The minimum Gasteiger partial charge on any atom is -0.322 e. The smallest absolute Gasteiger partial charge is 0.125 e. The Morgan fingerprint density at radius 1 is 1.35 bits per heavy atom. The fraction of sp³-hybridized carbons (Fsp3) is 0.562. The first-order chi connectivity index (χ1) is 9.54. The number of aromatic nitrogens is 2. The van der Waals surface area contributed by atoms with E-state index in [0.29, 0.717) is 11.9 Å².